The molecule has 0 aliphatic carbocycles. The lowest BCUT2D eigenvalue weighted by molar-refractivity contribution is 0.0955. The van der Waals surface area contributed by atoms with E-state index in [4.69, 9.17) is 0 Å². The first kappa shape index (κ1) is 20.3. The van der Waals surface area contributed by atoms with Gasteiger partial charge in [-0.05, 0) is 24.3 Å². The minimum absolute atomic E-state index is 0.0867. The Morgan fingerprint density at radius 3 is 2.50 bits per heavy atom. The topological polar surface area (TPSA) is 78.8 Å². The normalized spacial score (nSPS) is 11.8. The monoisotopic (exact) mass is 437 g/mol. The number of hydrogen-bond acceptors (Lipinski definition) is 4. The molecule has 2 aromatic carbocycles. The molecule has 0 aromatic heterocycles. The van der Waals surface area contributed by atoms with Gasteiger partial charge in [0, 0.05) is 28.7 Å². The molecule has 0 radical (unpaired) electrons. The number of benzene rings is 2. The molecule has 26 heavy (non-hydrogen) atoms. The van der Waals surface area contributed by atoms with Gasteiger partial charge < -0.3 is 0 Å². The fraction of sp³-hybridized carbons (Fsp3) is 0.222. The summed E-state index contributed by atoms with van der Waals surface area (Å²) >= 11 is 3.39. The van der Waals surface area contributed by atoms with Crippen molar-refractivity contribution in [2.45, 2.75) is 18.7 Å². The maximum absolute atomic E-state index is 12.6. The second-order valence-electron chi connectivity index (χ2n) is 5.34. The van der Waals surface area contributed by atoms with Gasteiger partial charge in [-0.1, -0.05) is 54.0 Å². The van der Waals surface area contributed by atoms with Crippen molar-refractivity contribution in [3.05, 3.63) is 64.1 Å². The van der Waals surface area contributed by atoms with Crippen molar-refractivity contribution in [1.29, 1.82) is 0 Å². The Hall–Kier alpha value is -2.03. The number of nitrogens with zero attached hydrogens (tertiary/aromatic N) is 2. The molecule has 0 atom stereocenters. The highest BCUT2D eigenvalue weighted by Gasteiger charge is 2.22. The van der Waals surface area contributed by atoms with E-state index in [2.05, 4.69) is 26.5 Å². The third kappa shape index (κ3) is 4.78. The van der Waals surface area contributed by atoms with Gasteiger partial charge in [0.05, 0.1) is 11.1 Å². The summed E-state index contributed by atoms with van der Waals surface area (Å²) in [7, 11) is -3.62. The summed E-state index contributed by atoms with van der Waals surface area (Å²) in [6.07, 6.45) is 1.51. The van der Waals surface area contributed by atoms with E-state index in [0.29, 0.717) is 13.1 Å². The molecule has 0 heterocycles. The molecule has 2 rings (SSSR count). The molecular weight excluding hydrogens is 418 g/mol. The Morgan fingerprint density at radius 1 is 1.15 bits per heavy atom. The van der Waals surface area contributed by atoms with Gasteiger partial charge in [0.25, 0.3) is 5.91 Å². The van der Waals surface area contributed by atoms with Gasteiger partial charge in [-0.15, -0.1) is 0 Å². The SMILES string of the molecule is CCN(CC)S(=O)(=O)c1cccc(C(=O)NN=Cc2ccccc2Br)c1. The first-order chi connectivity index (χ1) is 12.4. The first-order valence-corrected chi connectivity index (χ1v) is 10.3. The lowest BCUT2D eigenvalue weighted by atomic mass is 10.2. The highest BCUT2D eigenvalue weighted by Crippen LogP contribution is 2.17. The van der Waals surface area contributed by atoms with E-state index in [9.17, 15) is 13.2 Å². The van der Waals surface area contributed by atoms with Gasteiger partial charge in [-0.2, -0.15) is 9.41 Å². The Morgan fingerprint density at radius 2 is 1.85 bits per heavy atom. The minimum Gasteiger partial charge on any atom is -0.267 e. The van der Waals surface area contributed by atoms with Crippen LogP contribution >= 0.6 is 15.9 Å². The maximum atomic E-state index is 12.6. The van der Waals surface area contributed by atoms with E-state index in [1.165, 1.54) is 22.7 Å². The number of sulfonamides is 1. The number of amides is 1. The van der Waals surface area contributed by atoms with Crippen LogP contribution in [0.15, 0.2) is 63.0 Å². The molecule has 6 nitrogen and oxygen atoms in total. The quantitative estimate of drug-likeness (QED) is 0.533. The Balaban J connectivity index is 2.17. The number of hydrogen-bond donors (Lipinski definition) is 1. The molecule has 0 bridgehead atoms. The van der Waals surface area contributed by atoms with Gasteiger partial charge in [0.2, 0.25) is 10.0 Å². The third-order valence-corrected chi connectivity index (χ3v) is 6.48. The lowest BCUT2D eigenvalue weighted by Crippen LogP contribution is -2.30. The third-order valence-electron chi connectivity index (χ3n) is 3.71. The van der Waals surface area contributed by atoms with E-state index in [1.54, 1.807) is 26.0 Å². The second-order valence-corrected chi connectivity index (χ2v) is 8.13. The molecule has 1 N–H and O–H groups in total. The van der Waals surface area contributed by atoms with E-state index in [-0.39, 0.29) is 10.5 Å². The number of hydrazone groups is 1. The summed E-state index contributed by atoms with van der Waals surface area (Å²) in [4.78, 5) is 12.3. The zero-order valence-electron chi connectivity index (χ0n) is 14.5. The molecule has 0 saturated heterocycles. The standard InChI is InChI=1S/C18H20BrN3O3S/c1-3-22(4-2)26(24,25)16-10-7-9-14(12-16)18(23)21-20-13-15-8-5-6-11-17(15)19/h5-13H,3-4H2,1-2H3,(H,21,23). The van der Waals surface area contributed by atoms with Crippen LogP contribution in [-0.2, 0) is 10.0 Å². The highest BCUT2D eigenvalue weighted by atomic mass is 79.9. The number of carbonyl (C=O) groups excluding carboxylic acids is 1. The molecule has 0 saturated carbocycles. The summed E-state index contributed by atoms with van der Waals surface area (Å²) in [5.74, 6) is -0.482. The van der Waals surface area contributed by atoms with E-state index in [0.717, 1.165) is 10.0 Å². The van der Waals surface area contributed by atoms with Crippen molar-refractivity contribution in [3.8, 4) is 0 Å². The molecular formula is C18H20BrN3O3S. The number of nitrogens with one attached hydrogen (secondary N) is 1. The van der Waals surface area contributed by atoms with Crippen LogP contribution in [0.5, 0.6) is 0 Å². The fourth-order valence-corrected chi connectivity index (χ4v) is 4.21. The molecule has 0 fully saturated rings. The number of rotatable bonds is 7. The minimum atomic E-state index is -3.62. The summed E-state index contributed by atoms with van der Waals surface area (Å²) < 4.78 is 27.3. The molecule has 0 aliphatic rings. The first-order valence-electron chi connectivity index (χ1n) is 8.08. The smallest absolute Gasteiger partial charge is 0.267 e. The van der Waals surface area contributed by atoms with Crippen LogP contribution in [0.4, 0.5) is 0 Å². The second kappa shape index (κ2) is 9.07. The fourth-order valence-electron chi connectivity index (χ4n) is 2.32. The number of carbonyl (C=O) groups is 1. The van der Waals surface area contributed by atoms with Crippen LogP contribution in [0.1, 0.15) is 29.8 Å². The number of halogens is 1. The average Bonchev–Trinajstić information content (AvgIpc) is 2.64. The predicted molar refractivity (Wildman–Crippen MR) is 106 cm³/mol. The molecule has 0 unspecified atom stereocenters. The van der Waals surface area contributed by atoms with Crippen molar-refractivity contribution in [3.63, 3.8) is 0 Å². The van der Waals surface area contributed by atoms with Gasteiger partial charge in [-0.25, -0.2) is 13.8 Å². The van der Waals surface area contributed by atoms with E-state index in [1.807, 2.05) is 24.3 Å². The zero-order valence-corrected chi connectivity index (χ0v) is 16.9. The zero-order chi connectivity index (χ0) is 19.2. The van der Waals surface area contributed by atoms with Gasteiger partial charge in [0.1, 0.15) is 0 Å². The van der Waals surface area contributed by atoms with Crippen molar-refractivity contribution >= 4 is 38.1 Å². The Kier molecular flexibility index (Phi) is 7.07. The van der Waals surface area contributed by atoms with Crippen LogP contribution < -0.4 is 5.43 Å². The lowest BCUT2D eigenvalue weighted by Gasteiger charge is -2.18. The summed E-state index contributed by atoms with van der Waals surface area (Å²) in [5.41, 5.74) is 3.45. The van der Waals surface area contributed by atoms with Crippen molar-refractivity contribution in [2.75, 3.05) is 13.1 Å². The Bertz CT molecular complexity index is 909. The highest BCUT2D eigenvalue weighted by molar-refractivity contribution is 9.10. The molecule has 138 valence electrons. The summed E-state index contributed by atoms with van der Waals surface area (Å²) in [6, 6.07) is 13.4. The van der Waals surface area contributed by atoms with Gasteiger partial charge >= 0.3 is 0 Å². The summed E-state index contributed by atoms with van der Waals surface area (Å²) in [5, 5.41) is 3.92. The Labute approximate surface area is 162 Å². The van der Waals surface area contributed by atoms with E-state index >= 15 is 0 Å². The van der Waals surface area contributed by atoms with Crippen LogP contribution in [0.25, 0.3) is 0 Å². The van der Waals surface area contributed by atoms with Gasteiger partial charge in [-0.3, -0.25) is 4.79 Å². The summed E-state index contributed by atoms with van der Waals surface area (Å²) in [6.45, 7) is 4.28. The maximum Gasteiger partial charge on any atom is 0.271 e. The van der Waals surface area contributed by atoms with E-state index < -0.39 is 15.9 Å². The average molecular weight is 438 g/mol. The molecule has 2 aromatic rings. The van der Waals surface area contributed by atoms with Crippen molar-refractivity contribution in [1.82, 2.24) is 9.73 Å². The molecule has 8 heteroatoms. The molecule has 0 spiro atoms. The molecule has 1 amide bonds. The molecule has 0 aliphatic heterocycles. The van der Waals surface area contributed by atoms with Crippen molar-refractivity contribution in [2.24, 2.45) is 5.10 Å². The van der Waals surface area contributed by atoms with Gasteiger partial charge in [0.15, 0.2) is 0 Å². The van der Waals surface area contributed by atoms with Crippen molar-refractivity contribution < 1.29 is 13.2 Å². The predicted octanol–water partition coefficient (Wildman–Crippen LogP) is 3.24. The van der Waals surface area contributed by atoms with Crippen LogP contribution in [0, 0.1) is 0 Å². The largest absolute Gasteiger partial charge is 0.271 e. The van der Waals surface area contributed by atoms with Crippen LogP contribution in [-0.4, -0.2) is 37.9 Å². The van der Waals surface area contributed by atoms with Crippen LogP contribution in [0.3, 0.4) is 0 Å². The van der Waals surface area contributed by atoms with Crippen LogP contribution in [0.2, 0.25) is 0 Å².